The summed E-state index contributed by atoms with van der Waals surface area (Å²) in [5.74, 6) is 0. The summed E-state index contributed by atoms with van der Waals surface area (Å²) in [6, 6.07) is 70.0. The Kier molecular flexibility index (Phi) is 13.7. The minimum Gasteiger partial charge on any atom is -0.0985 e. The zero-order chi connectivity index (χ0) is 45.9. The molecule has 0 spiro atoms. The lowest BCUT2D eigenvalue weighted by atomic mass is 9.88. The van der Waals surface area contributed by atoms with E-state index in [2.05, 4.69) is 291 Å². The molecule has 0 aromatic heterocycles. The molecule has 0 radical (unpaired) electrons. The van der Waals surface area contributed by atoms with Crippen LogP contribution in [0.25, 0.3) is 100 Å². The Bertz CT molecular complexity index is 3270. The van der Waals surface area contributed by atoms with Gasteiger partial charge >= 0.3 is 0 Å². The fourth-order valence-electron chi connectivity index (χ4n) is 8.48. The molecule has 0 N–H and O–H groups in total. The molecule has 4 heteroatoms. The molecule has 0 aliphatic heterocycles. The van der Waals surface area contributed by atoms with Crippen molar-refractivity contribution in [1.29, 1.82) is 0 Å². The number of allylic oxidation sites excluding steroid dienone is 4. The van der Waals surface area contributed by atoms with Gasteiger partial charge in [0.2, 0.25) is 0 Å². The first-order chi connectivity index (χ1) is 32.1. The molecule has 66 heavy (non-hydrogen) atoms. The molecule has 320 valence electrons. The van der Waals surface area contributed by atoms with Crippen LogP contribution in [0.5, 0.6) is 0 Å². The van der Waals surface area contributed by atoms with Crippen molar-refractivity contribution in [3.05, 3.63) is 248 Å². The lowest BCUT2D eigenvalue weighted by Crippen LogP contribution is -1.93. The number of hydrogen-bond donors (Lipinski definition) is 0. The van der Waals surface area contributed by atoms with Crippen molar-refractivity contribution >= 4 is 74.9 Å². The first kappa shape index (κ1) is 45.3. The topological polar surface area (TPSA) is 0 Å². The maximum Gasteiger partial charge on any atom is 0.0261 e. The van der Waals surface area contributed by atoms with Crippen molar-refractivity contribution in [2.45, 2.75) is 13.8 Å². The van der Waals surface area contributed by atoms with E-state index in [0.29, 0.717) is 0 Å². The van der Waals surface area contributed by atoms with E-state index in [1.807, 2.05) is 0 Å². The third-order valence-corrected chi connectivity index (χ3v) is 15.0. The van der Waals surface area contributed by atoms with E-state index in [1.165, 1.54) is 33.4 Å². The summed E-state index contributed by atoms with van der Waals surface area (Å²) in [7, 11) is 0. The monoisotopic (exact) mass is 1100 g/mol. The van der Waals surface area contributed by atoms with Crippen LogP contribution in [0.2, 0.25) is 0 Å². The molecule has 9 aromatic rings. The van der Waals surface area contributed by atoms with Crippen LogP contribution in [-0.4, -0.2) is 0 Å². The van der Waals surface area contributed by atoms with Gasteiger partial charge in [0, 0.05) is 17.9 Å². The normalized spacial score (nSPS) is 11.4. The third-order valence-electron chi connectivity index (χ3n) is 12.4. The molecule has 0 saturated heterocycles. The van der Waals surface area contributed by atoms with Crippen LogP contribution in [0.3, 0.4) is 0 Å². The van der Waals surface area contributed by atoms with E-state index >= 15 is 0 Å². The number of benzene rings is 9. The van der Waals surface area contributed by atoms with Gasteiger partial charge in [0.15, 0.2) is 0 Å². The second-order valence-corrected chi connectivity index (χ2v) is 19.7. The van der Waals surface area contributed by atoms with Gasteiger partial charge in [0.05, 0.1) is 0 Å². The Morgan fingerprint density at radius 3 is 0.970 bits per heavy atom. The van der Waals surface area contributed by atoms with Crippen molar-refractivity contribution in [2.75, 3.05) is 0 Å². The van der Waals surface area contributed by atoms with Crippen LogP contribution in [0.4, 0.5) is 0 Å². The predicted molar refractivity (Wildman–Crippen MR) is 299 cm³/mol. The van der Waals surface area contributed by atoms with Crippen LogP contribution in [0.15, 0.2) is 237 Å². The SMILES string of the molecule is C=CC(=C)c1ccc(-c2cc(-c3cc(Br)c(-c4cc(-c5ccc(-c6ccccc6)cc5)c(-c5ccc(-c6ccccc6)cc5)cc4Br)cc3Br)c(Br)cc2-c2ccc(/C(C)=C/C)cc2)cc1. The number of halogens is 4. The molecule has 0 saturated carbocycles. The van der Waals surface area contributed by atoms with E-state index in [-0.39, 0.29) is 0 Å². The van der Waals surface area contributed by atoms with E-state index in [0.717, 1.165) is 95.8 Å². The van der Waals surface area contributed by atoms with Gasteiger partial charge in [-0.15, -0.1) is 0 Å². The van der Waals surface area contributed by atoms with Crippen molar-refractivity contribution in [3.63, 3.8) is 0 Å². The molecule has 0 aliphatic rings. The van der Waals surface area contributed by atoms with E-state index < -0.39 is 0 Å². The van der Waals surface area contributed by atoms with Gasteiger partial charge in [0.1, 0.15) is 0 Å². The van der Waals surface area contributed by atoms with Crippen molar-refractivity contribution in [3.8, 4) is 89.0 Å². The second kappa shape index (κ2) is 19.9. The van der Waals surface area contributed by atoms with Crippen molar-refractivity contribution in [1.82, 2.24) is 0 Å². The van der Waals surface area contributed by atoms with Gasteiger partial charge in [-0.3, -0.25) is 0 Å². The molecular weight excluding hydrogens is 1060 g/mol. The average Bonchev–Trinajstić information content (AvgIpc) is 3.37. The second-order valence-electron chi connectivity index (χ2n) is 16.3. The average molecular weight is 1110 g/mol. The van der Waals surface area contributed by atoms with E-state index in [4.69, 9.17) is 0 Å². The van der Waals surface area contributed by atoms with Gasteiger partial charge in [-0.1, -0.05) is 247 Å². The Morgan fingerprint density at radius 2 is 0.621 bits per heavy atom. The maximum atomic E-state index is 4.18. The smallest absolute Gasteiger partial charge is 0.0261 e. The van der Waals surface area contributed by atoms with Crippen LogP contribution in [0.1, 0.15) is 25.0 Å². The molecule has 0 atom stereocenters. The lowest BCUT2D eigenvalue weighted by molar-refractivity contribution is 1.48. The van der Waals surface area contributed by atoms with Crippen molar-refractivity contribution in [2.24, 2.45) is 0 Å². The van der Waals surface area contributed by atoms with Gasteiger partial charge in [-0.05, 0) is 162 Å². The lowest BCUT2D eigenvalue weighted by Gasteiger charge is -2.19. The highest BCUT2D eigenvalue weighted by Crippen LogP contribution is 2.48. The zero-order valence-electron chi connectivity index (χ0n) is 36.6. The maximum absolute atomic E-state index is 4.18. The summed E-state index contributed by atoms with van der Waals surface area (Å²) < 4.78 is 3.95. The summed E-state index contributed by atoms with van der Waals surface area (Å²) in [4.78, 5) is 0. The molecule has 0 bridgehead atoms. The Balaban J connectivity index is 1.15. The molecule has 0 nitrogen and oxygen atoms in total. The first-order valence-electron chi connectivity index (χ1n) is 21.7. The summed E-state index contributed by atoms with van der Waals surface area (Å²) in [5.41, 5.74) is 22.6. The van der Waals surface area contributed by atoms with Gasteiger partial charge in [-0.2, -0.15) is 0 Å². The van der Waals surface area contributed by atoms with Crippen LogP contribution < -0.4 is 0 Å². The van der Waals surface area contributed by atoms with Crippen LogP contribution in [0, 0.1) is 0 Å². The molecule has 0 fully saturated rings. The highest BCUT2D eigenvalue weighted by molar-refractivity contribution is 9.11. The molecule has 9 aromatic carbocycles. The molecular formula is C62H44Br4. The summed E-state index contributed by atoms with van der Waals surface area (Å²) in [5, 5.41) is 0. The van der Waals surface area contributed by atoms with Gasteiger partial charge in [0.25, 0.3) is 0 Å². The molecule has 0 heterocycles. The largest absolute Gasteiger partial charge is 0.0985 e. The Morgan fingerprint density at radius 1 is 0.348 bits per heavy atom. The Hall–Kier alpha value is -5.88. The van der Waals surface area contributed by atoms with Gasteiger partial charge < -0.3 is 0 Å². The molecule has 9 rings (SSSR count). The summed E-state index contributed by atoms with van der Waals surface area (Å²) in [6.07, 6.45) is 3.95. The third kappa shape index (κ3) is 9.39. The van der Waals surface area contributed by atoms with Crippen molar-refractivity contribution < 1.29 is 0 Å². The Labute approximate surface area is 422 Å². The van der Waals surface area contributed by atoms with Crippen LogP contribution in [-0.2, 0) is 0 Å². The minimum absolute atomic E-state index is 0.897. The standard InChI is InChI=1S/C62H44Br4/c1-5-39(3)41-17-25-47(26-18-41)51-33-55(59(63)35-53(51)49-27-19-42(20-28-49)40(4)6-2)57-37-62(66)58(38-61(57)65)56-34-52(48-29-21-45(22-30-48)43-13-9-7-10-14-43)54(36-60(56)64)50-31-23-46(24-32-50)44-15-11-8-12-16-44/h5-38H,1,3H2,2,4H3/b40-6+. The molecule has 0 unspecified atom stereocenters. The van der Waals surface area contributed by atoms with Crippen LogP contribution >= 0.6 is 63.7 Å². The summed E-state index contributed by atoms with van der Waals surface area (Å²) in [6.45, 7) is 12.3. The molecule has 0 aliphatic carbocycles. The van der Waals surface area contributed by atoms with E-state index in [1.54, 1.807) is 6.08 Å². The quantitative estimate of drug-likeness (QED) is 0.113. The minimum atomic E-state index is 0.897. The fraction of sp³-hybridized carbons (Fsp3) is 0.0323. The zero-order valence-corrected chi connectivity index (χ0v) is 42.9. The number of hydrogen-bond acceptors (Lipinski definition) is 0. The molecule has 0 amide bonds. The predicted octanol–water partition coefficient (Wildman–Crippen LogP) is 20.7. The van der Waals surface area contributed by atoms with E-state index in [9.17, 15) is 0 Å². The highest BCUT2D eigenvalue weighted by atomic mass is 79.9. The first-order valence-corrected chi connectivity index (χ1v) is 24.9. The summed E-state index contributed by atoms with van der Waals surface area (Å²) >= 11 is 16.2. The van der Waals surface area contributed by atoms with Gasteiger partial charge in [-0.25, -0.2) is 0 Å². The fourth-order valence-corrected chi connectivity index (χ4v) is 10.7. The highest BCUT2D eigenvalue weighted by Gasteiger charge is 2.21. The number of rotatable bonds is 11.